The number of carbonyl (C=O) groups is 1. The normalized spacial score (nSPS) is 11.2. The highest BCUT2D eigenvalue weighted by atomic mass is 35.5. The van der Waals surface area contributed by atoms with Gasteiger partial charge in [0.15, 0.2) is 0 Å². The molecule has 0 aliphatic carbocycles. The summed E-state index contributed by atoms with van der Waals surface area (Å²) in [5.74, 6) is -0.0874. The van der Waals surface area contributed by atoms with Crippen LogP contribution in [0.25, 0.3) is 0 Å². The minimum Gasteiger partial charge on any atom is -0.359 e. The summed E-state index contributed by atoms with van der Waals surface area (Å²) in [6.07, 6.45) is 0. The topological polar surface area (TPSA) is 84.3 Å². The van der Waals surface area contributed by atoms with Gasteiger partial charge < -0.3 is 10.6 Å². The summed E-state index contributed by atoms with van der Waals surface area (Å²) in [5.41, 5.74) is -0.0782. The number of rotatable bonds is 6. The minimum absolute atomic E-state index is 0.0252. The highest BCUT2D eigenvalue weighted by Gasteiger charge is 2.26. The Labute approximate surface area is 122 Å². The van der Waals surface area contributed by atoms with Gasteiger partial charge >= 0.3 is 0 Å². The van der Waals surface area contributed by atoms with Crippen molar-refractivity contribution in [2.24, 2.45) is 5.41 Å². The molecule has 0 heterocycles. The number of benzene rings is 1. The fourth-order valence-electron chi connectivity index (χ4n) is 1.78. The van der Waals surface area contributed by atoms with Crippen molar-refractivity contribution >= 4 is 23.2 Å². The van der Waals surface area contributed by atoms with Crippen LogP contribution in [0, 0.1) is 15.5 Å². The molecule has 0 bridgehead atoms. The Bertz CT molecular complexity index is 518. The number of amides is 1. The standard InChI is InChI=1S/C13H18ClN3O3/c1-13(2,12(18)15-3)8-16-7-9-4-5-10(14)6-11(9)17(19)20/h4-6,16H,7-8H2,1-3H3,(H,15,18). The Hall–Kier alpha value is -1.66. The summed E-state index contributed by atoms with van der Waals surface area (Å²) in [6.45, 7) is 4.31. The van der Waals surface area contributed by atoms with Crippen LogP contribution in [0.1, 0.15) is 19.4 Å². The van der Waals surface area contributed by atoms with Gasteiger partial charge in [-0.25, -0.2) is 0 Å². The van der Waals surface area contributed by atoms with Gasteiger partial charge in [-0.05, 0) is 26.0 Å². The number of hydrogen-bond donors (Lipinski definition) is 2. The fourth-order valence-corrected chi connectivity index (χ4v) is 1.95. The lowest BCUT2D eigenvalue weighted by molar-refractivity contribution is -0.385. The molecule has 110 valence electrons. The van der Waals surface area contributed by atoms with Crippen molar-refractivity contribution in [2.45, 2.75) is 20.4 Å². The van der Waals surface area contributed by atoms with E-state index in [1.54, 1.807) is 33.0 Å². The zero-order valence-corrected chi connectivity index (χ0v) is 12.5. The number of carbonyl (C=O) groups excluding carboxylic acids is 1. The van der Waals surface area contributed by atoms with Crippen molar-refractivity contribution in [2.75, 3.05) is 13.6 Å². The predicted molar refractivity (Wildman–Crippen MR) is 77.7 cm³/mol. The lowest BCUT2D eigenvalue weighted by Crippen LogP contribution is -2.41. The van der Waals surface area contributed by atoms with Crippen molar-refractivity contribution in [3.8, 4) is 0 Å². The van der Waals surface area contributed by atoms with Gasteiger partial charge in [-0.15, -0.1) is 0 Å². The summed E-state index contributed by atoms with van der Waals surface area (Å²) in [4.78, 5) is 22.1. The molecule has 0 aliphatic rings. The fraction of sp³-hybridized carbons (Fsp3) is 0.462. The molecule has 0 saturated heterocycles. The maximum absolute atomic E-state index is 11.6. The Morgan fingerprint density at radius 1 is 1.45 bits per heavy atom. The van der Waals surface area contributed by atoms with Crippen LogP contribution in [0.3, 0.4) is 0 Å². The summed E-state index contributed by atoms with van der Waals surface area (Å²) >= 11 is 5.75. The molecule has 0 fully saturated rings. The number of hydrogen-bond acceptors (Lipinski definition) is 4. The summed E-state index contributed by atoms with van der Waals surface area (Å²) in [6, 6.07) is 4.54. The van der Waals surface area contributed by atoms with Crippen LogP contribution in [-0.4, -0.2) is 24.4 Å². The highest BCUT2D eigenvalue weighted by molar-refractivity contribution is 6.30. The second-order valence-corrected chi connectivity index (χ2v) is 5.53. The first-order chi connectivity index (χ1) is 9.27. The SMILES string of the molecule is CNC(=O)C(C)(C)CNCc1ccc(Cl)cc1[N+](=O)[O-]. The van der Waals surface area contributed by atoms with Crippen molar-refractivity contribution in [3.05, 3.63) is 38.9 Å². The third-order valence-corrected chi connectivity index (χ3v) is 3.20. The maximum Gasteiger partial charge on any atom is 0.275 e. The molecule has 0 unspecified atom stereocenters. The molecule has 20 heavy (non-hydrogen) atoms. The monoisotopic (exact) mass is 299 g/mol. The number of nitrogens with zero attached hydrogens (tertiary/aromatic N) is 1. The van der Waals surface area contributed by atoms with Crippen LogP contribution in [-0.2, 0) is 11.3 Å². The zero-order valence-electron chi connectivity index (χ0n) is 11.7. The van der Waals surface area contributed by atoms with E-state index in [9.17, 15) is 14.9 Å². The Morgan fingerprint density at radius 3 is 2.65 bits per heavy atom. The van der Waals surface area contributed by atoms with E-state index in [0.717, 1.165) is 0 Å². The largest absolute Gasteiger partial charge is 0.359 e. The third kappa shape index (κ3) is 4.18. The van der Waals surface area contributed by atoms with Gasteiger partial charge in [-0.2, -0.15) is 0 Å². The maximum atomic E-state index is 11.6. The smallest absolute Gasteiger partial charge is 0.275 e. The number of nitrogens with one attached hydrogen (secondary N) is 2. The van der Waals surface area contributed by atoms with Crippen LogP contribution >= 0.6 is 11.6 Å². The lowest BCUT2D eigenvalue weighted by atomic mass is 9.92. The van der Waals surface area contributed by atoms with E-state index in [1.807, 2.05) is 0 Å². The molecule has 1 rings (SSSR count). The van der Waals surface area contributed by atoms with Crippen LogP contribution in [0.2, 0.25) is 5.02 Å². The van der Waals surface area contributed by atoms with Gasteiger partial charge in [0, 0.05) is 36.8 Å². The second-order valence-electron chi connectivity index (χ2n) is 5.10. The molecular formula is C13H18ClN3O3. The predicted octanol–water partition coefficient (Wildman–Crippen LogP) is 2.11. The minimum atomic E-state index is -0.587. The molecule has 6 nitrogen and oxygen atoms in total. The molecule has 1 aromatic carbocycles. The first-order valence-corrected chi connectivity index (χ1v) is 6.51. The molecule has 0 aliphatic heterocycles. The average molecular weight is 300 g/mol. The number of halogens is 1. The van der Waals surface area contributed by atoms with Crippen LogP contribution in [0.5, 0.6) is 0 Å². The van der Waals surface area contributed by atoms with Crippen LogP contribution < -0.4 is 10.6 Å². The van der Waals surface area contributed by atoms with Crippen LogP contribution in [0.15, 0.2) is 18.2 Å². The van der Waals surface area contributed by atoms with E-state index in [2.05, 4.69) is 10.6 Å². The molecule has 2 N–H and O–H groups in total. The molecule has 0 aromatic heterocycles. The van der Waals surface area contributed by atoms with E-state index >= 15 is 0 Å². The molecule has 1 amide bonds. The van der Waals surface area contributed by atoms with Gasteiger partial charge in [0.25, 0.3) is 5.69 Å². The summed E-state index contributed by atoms with van der Waals surface area (Å²) in [7, 11) is 1.58. The molecular weight excluding hydrogens is 282 g/mol. The Morgan fingerprint density at radius 2 is 2.10 bits per heavy atom. The molecule has 0 atom stereocenters. The summed E-state index contributed by atoms with van der Waals surface area (Å²) in [5, 5.41) is 16.9. The van der Waals surface area contributed by atoms with Gasteiger partial charge in [-0.1, -0.05) is 11.6 Å². The van der Waals surface area contributed by atoms with E-state index in [4.69, 9.17) is 11.6 Å². The molecule has 7 heteroatoms. The van der Waals surface area contributed by atoms with Gasteiger partial charge in [0.1, 0.15) is 0 Å². The van der Waals surface area contributed by atoms with E-state index < -0.39 is 10.3 Å². The van der Waals surface area contributed by atoms with E-state index in [1.165, 1.54) is 6.07 Å². The third-order valence-electron chi connectivity index (χ3n) is 2.97. The average Bonchev–Trinajstić information content (AvgIpc) is 2.39. The second kappa shape index (κ2) is 6.67. The van der Waals surface area contributed by atoms with Crippen molar-refractivity contribution < 1.29 is 9.72 Å². The summed E-state index contributed by atoms with van der Waals surface area (Å²) < 4.78 is 0. The molecule has 1 aromatic rings. The van der Waals surface area contributed by atoms with Crippen molar-refractivity contribution in [1.29, 1.82) is 0 Å². The van der Waals surface area contributed by atoms with Crippen LogP contribution in [0.4, 0.5) is 5.69 Å². The van der Waals surface area contributed by atoms with Crippen molar-refractivity contribution in [1.82, 2.24) is 10.6 Å². The number of nitro benzene ring substituents is 1. The molecule has 0 saturated carbocycles. The molecule has 0 spiro atoms. The van der Waals surface area contributed by atoms with E-state index in [-0.39, 0.29) is 11.6 Å². The van der Waals surface area contributed by atoms with E-state index in [0.29, 0.717) is 23.7 Å². The zero-order chi connectivity index (χ0) is 15.3. The van der Waals surface area contributed by atoms with Gasteiger partial charge in [0.2, 0.25) is 5.91 Å². The first kappa shape index (κ1) is 16.4. The quantitative estimate of drug-likeness (QED) is 0.622. The Balaban J connectivity index is 2.72. The molecule has 0 radical (unpaired) electrons. The Kier molecular flexibility index (Phi) is 5.47. The van der Waals surface area contributed by atoms with Gasteiger partial charge in [0.05, 0.1) is 10.3 Å². The van der Waals surface area contributed by atoms with Gasteiger partial charge in [-0.3, -0.25) is 14.9 Å². The lowest BCUT2D eigenvalue weighted by Gasteiger charge is -2.22. The highest BCUT2D eigenvalue weighted by Crippen LogP contribution is 2.23. The number of nitro groups is 1. The first-order valence-electron chi connectivity index (χ1n) is 6.13. The van der Waals surface area contributed by atoms with Crippen molar-refractivity contribution in [3.63, 3.8) is 0 Å².